The van der Waals surface area contributed by atoms with E-state index in [9.17, 15) is 4.79 Å². The number of carbonyl (C=O) groups is 1. The first-order valence-corrected chi connectivity index (χ1v) is 7.36. The van der Waals surface area contributed by atoms with Gasteiger partial charge in [-0.3, -0.25) is 4.79 Å². The maximum atomic E-state index is 12.0. The molecule has 1 saturated heterocycles. The van der Waals surface area contributed by atoms with E-state index >= 15 is 0 Å². The lowest BCUT2D eigenvalue weighted by Crippen LogP contribution is -2.49. The summed E-state index contributed by atoms with van der Waals surface area (Å²) in [6.07, 6.45) is 0. The second kappa shape index (κ2) is 7.03. The number of carbonyl (C=O) groups excluding carboxylic acids is 1. The Bertz CT molecular complexity index is 430. The highest BCUT2D eigenvalue weighted by molar-refractivity contribution is 9.10. The van der Waals surface area contributed by atoms with Gasteiger partial charge < -0.3 is 15.1 Å². The molecule has 1 N–H and O–H groups in total. The standard InChI is InChI=1S/C14H20BrN3O/c1-17-5-7-18(8-6-17)14(19)11-16-10-12-3-2-4-13(15)9-12/h2-4,9,16H,5-8,10-11H2,1H3. The lowest BCUT2D eigenvalue weighted by Gasteiger charge is -2.32. The van der Waals surface area contributed by atoms with E-state index in [-0.39, 0.29) is 5.91 Å². The van der Waals surface area contributed by atoms with Gasteiger partial charge in [-0.2, -0.15) is 0 Å². The Hall–Kier alpha value is -0.910. The van der Waals surface area contributed by atoms with Gasteiger partial charge in [0, 0.05) is 37.2 Å². The number of amides is 1. The van der Waals surface area contributed by atoms with Crippen molar-refractivity contribution in [1.82, 2.24) is 15.1 Å². The van der Waals surface area contributed by atoms with Crippen molar-refractivity contribution in [3.63, 3.8) is 0 Å². The number of halogens is 1. The summed E-state index contributed by atoms with van der Waals surface area (Å²) >= 11 is 3.44. The minimum absolute atomic E-state index is 0.197. The number of hydrogen-bond acceptors (Lipinski definition) is 3. The third kappa shape index (κ3) is 4.60. The molecule has 1 aliphatic heterocycles. The summed E-state index contributed by atoms with van der Waals surface area (Å²) in [6, 6.07) is 8.12. The van der Waals surface area contributed by atoms with Crippen molar-refractivity contribution in [3.05, 3.63) is 34.3 Å². The average molecular weight is 326 g/mol. The molecule has 0 bridgehead atoms. The van der Waals surface area contributed by atoms with Crippen LogP contribution < -0.4 is 5.32 Å². The van der Waals surface area contributed by atoms with Gasteiger partial charge in [-0.1, -0.05) is 28.1 Å². The smallest absolute Gasteiger partial charge is 0.236 e. The number of piperazine rings is 1. The number of nitrogens with one attached hydrogen (secondary N) is 1. The van der Waals surface area contributed by atoms with Gasteiger partial charge in [0.15, 0.2) is 0 Å². The van der Waals surface area contributed by atoms with Gasteiger partial charge in [-0.05, 0) is 24.7 Å². The van der Waals surface area contributed by atoms with Crippen molar-refractivity contribution in [2.24, 2.45) is 0 Å². The van der Waals surface area contributed by atoms with Gasteiger partial charge in [0.05, 0.1) is 6.54 Å². The highest BCUT2D eigenvalue weighted by Crippen LogP contribution is 2.11. The summed E-state index contributed by atoms with van der Waals surface area (Å²) < 4.78 is 1.07. The van der Waals surface area contributed by atoms with Crippen LogP contribution in [0, 0.1) is 0 Å². The van der Waals surface area contributed by atoms with Crippen LogP contribution in [0.3, 0.4) is 0 Å². The van der Waals surface area contributed by atoms with Crippen LogP contribution in [-0.4, -0.2) is 55.5 Å². The number of benzene rings is 1. The van der Waals surface area contributed by atoms with Crippen LogP contribution in [0.4, 0.5) is 0 Å². The zero-order valence-electron chi connectivity index (χ0n) is 11.2. The first-order chi connectivity index (χ1) is 9.15. The van der Waals surface area contributed by atoms with Gasteiger partial charge in [0.1, 0.15) is 0 Å². The molecule has 1 amide bonds. The average Bonchev–Trinajstić information content (AvgIpc) is 2.39. The topological polar surface area (TPSA) is 35.6 Å². The van der Waals surface area contributed by atoms with Crippen LogP contribution in [0.1, 0.15) is 5.56 Å². The molecular formula is C14H20BrN3O. The summed E-state index contributed by atoms with van der Waals surface area (Å²) in [5, 5.41) is 3.21. The highest BCUT2D eigenvalue weighted by Gasteiger charge is 2.18. The quantitative estimate of drug-likeness (QED) is 0.906. The molecular weight excluding hydrogens is 306 g/mol. The zero-order chi connectivity index (χ0) is 13.7. The SMILES string of the molecule is CN1CCN(C(=O)CNCc2cccc(Br)c2)CC1. The van der Waals surface area contributed by atoms with E-state index in [0.29, 0.717) is 6.54 Å². The molecule has 0 aromatic heterocycles. The molecule has 1 aromatic carbocycles. The van der Waals surface area contributed by atoms with Crippen LogP contribution >= 0.6 is 15.9 Å². The Morgan fingerprint density at radius 3 is 2.74 bits per heavy atom. The Kier molecular flexibility index (Phi) is 5.36. The van der Waals surface area contributed by atoms with E-state index in [1.165, 1.54) is 5.56 Å². The van der Waals surface area contributed by atoms with Gasteiger partial charge in [0.2, 0.25) is 5.91 Å². The van der Waals surface area contributed by atoms with E-state index < -0.39 is 0 Å². The summed E-state index contributed by atoms with van der Waals surface area (Å²) in [4.78, 5) is 16.2. The molecule has 2 rings (SSSR count). The Morgan fingerprint density at radius 1 is 1.32 bits per heavy atom. The maximum absolute atomic E-state index is 12.0. The fraction of sp³-hybridized carbons (Fsp3) is 0.500. The van der Waals surface area contributed by atoms with Crippen molar-refractivity contribution >= 4 is 21.8 Å². The third-order valence-corrected chi connectivity index (χ3v) is 3.84. The van der Waals surface area contributed by atoms with Crippen LogP contribution in [0.15, 0.2) is 28.7 Å². The van der Waals surface area contributed by atoms with Crippen molar-refractivity contribution in [3.8, 4) is 0 Å². The molecule has 0 spiro atoms. The van der Waals surface area contributed by atoms with Gasteiger partial charge in [-0.15, -0.1) is 0 Å². The molecule has 1 aliphatic rings. The Balaban J connectivity index is 1.72. The molecule has 0 saturated carbocycles. The molecule has 5 heteroatoms. The van der Waals surface area contributed by atoms with Gasteiger partial charge in [-0.25, -0.2) is 0 Å². The molecule has 0 unspecified atom stereocenters. The number of rotatable bonds is 4. The fourth-order valence-corrected chi connectivity index (χ4v) is 2.58. The molecule has 0 atom stereocenters. The monoisotopic (exact) mass is 325 g/mol. The summed E-state index contributed by atoms with van der Waals surface area (Å²) in [5.41, 5.74) is 1.18. The van der Waals surface area contributed by atoms with E-state index in [1.807, 2.05) is 17.0 Å². The predicted octanol–water partition coefficient (Wildman–Crippen LogP) is 1.31. The molecule has 104 valence electrons. The van der Waals surface area contributed by atoms with Gasteiger partial charge >= 0.3 is 0 Å². The lowest BCUT2D eigenvalue weighted by atomic mass is 10.2. The Labute approximate surface area is 122 Å². The predicted molar refractivity (Wildman–Crippen MR) is 79.9 cm³/mol. The van der Waals surface area contributed by atoms with Crippen molar-refractivity contribution in [1.29, 1.82) is 0 Å². The van der Waals surface area contributed by atoms with E-state index in [1.54, 1.807) is 0 Å². The molecule has 0 radical (unpaired) electrons. The third-order valence-electron chi connectivity index (χ3n) is 3.35. The fourth-order valence-electron chi connectivity index (χ4n) is 2.13. The second-order valence-electron chi connectivity index (χ2n) is 4.92. The van der Waals surface area contributed by atoms with Crippen LogP contribution in [0.5, 0.6) is 0 Å². The van der Waals surface area contributed by atoms with Crippen LogP contribution in [-0.2, 0) is 11.3 Å². The van der Waals surface area contributed by atoms with Gasteiger partial charge in [0.25, 0.3) is 0 Å². The number of hydrogen-bond donors (Lipinski definition) is 1. The van der Waals surface area contributed by atoms with Crippen LogP contribution in [0.25, 0.3) is 0 Å². The van der Waals surface area contributed by atoms with E-state index in [0.717, 1.165) is 37.2 Å². The summed E-state index contributed by atoms with van der Waals surface area (Å²) in [6.45, 7) is 4.76. The lowest BCUT2D eigenvalue weighted by molar-refractivity contribution is -0.131. The summed E-state index contributed by atoms with van der Waals surface area (Å²) in [7, 11) is 2.09. The van der Waals surface area contributed by atoms with E-state index in [2.05, 4.69) is 45.3 Å². The van der Waals surface area contributed by atoms with Crippen molar-refractivity contribution in [2.75, 3.05) is 39.8 Å². The van der Waals surface area contributed by atoms with Crippen molar-refractivity contribution < 1.29 is 4.79 Å². The number of likely N-dealkylation sites (N-methyl/N-ethyl adjacent to an activating group) is 1. The second-order valence-corrected chi connectivity index (χ2v) is 5.83. The normalized spacial score (nSPS) is 16.6. The van der Waals surface area contributed by atoms with Crippen molar-refractivity contribution in [2.45, 2.75) is 6.54 Å². The molecule has 1 heterocycles. The van der Waals surface area contributed by atoms with Crippen LogP contribution in [0.2, 0.25) is 0 Å². The molecule has 1 aromatic rings. The molecule has 4 nitrogen and oxygen atoms in total. The highest BCUT2D eigenvalue weighted by atomic mass is 79.9. The molecule has 0 aliphatic carbocycles. The minimum atomic E-state index is 0.197. The Morgan fingerprint density at radius 2 is 2.05 bits per heavy atom. The maximum Gasteiger partial charge on any atom is 0.236 e. The largest absolute Gasteiger partial charge is 0.339 e. The molecule has 1 fully saturated rings. The minimum Gasteiger partial charge on any atom is -0.339 e. The first kappa shape index (κ1) is 14.5. The van der Waals surface area contributed by atoms with E-state index in [4.69, 9.17) is 0 Å². The summed E-state index contributed by atoms with van der Waals surface area (Å²) in [5.74, 6) is 0.197. The molecule has 19 heavy (non-hydrogen) atoms. The zero-order valence-corrected chi connectivity index (χ0v) is 12.8. The number of nitrogens with zero attached hydrogens (tertiary/aromatic N) is 2. The first-order valence-electron chi connectivity index (χ1n) is 6.56.